The number of aromatic nitrogens is 2. The summed E-state index contributed by atoms with van der Waals surface area (Å²) in [5.74, 6) is 1.81. The van der Waals surface area contributed by atoms with Gasteiger partial charge in [-0.25, -0.2) is 8.42 Å². The number of methoxy groups -OCH3 is 2. The second-order valence-electron chi connectivity index (χ2n) is 5.70. The van der Waals surface area contributed by atoms with Gasteiger partial charge in [-0.2, -0.15) is 9.71 Å². The summed E-state index contributed by atoms with van der Waals surface area (Å²) in [6, 6.07) is 12.5. The molecule has 142 valence electrons. The largest absolute Gasteiger partial charge is 0.497 e. The minimum atomic E-state index is -3.75. The molecule has 8 nitrogen and oxygen atoms in total. The van der Waals surface area contributed by atoms with Gasteiger partial charge in [-0.3, -0.25) is 0 Å². The average molecular weight is 389 g/mol. The first-order valence-electron chi connectivity index (χ1n) is 8.07. The fraction of sp³-hybridized carbons (Fsp3) is 0.222. The van der Waals surface area contributed by atoms with Crippen LogP contribution in [0.3, 0.4) is 0 Å². The van der Waals surface area contributed by atoms with Gasteiger partial charge in [0, 0.05) is 5.56 Å². The van der Waals surface area contributed by atoms with Gasteiger partial charge >= 0.3 is 0 Å². The van der Waals surface area contributed by atoms with Gasteiger partial charge in [-0.15, -0.1) is 0 Å². The third-order valence-electron chi connectivity index (χ3n) is 3.86. The Morgan fingerprint density at radius 3 is 2.07 bits per heavy atom. The molecule has 0 bridgehead atoms. The molecule has 9 heteroatoms. The Hall–Kier alpha value is -2.91. The van der Waals surface area contributed by atoms with E-state index in [0.29, 0.717) is 17.3 Å². The predicted octanol–water partition coefficient (Wildman–Crippen LogP) is 2.79. The molecule has 1 N–H and O–H groups in total. The van der Waals surface area contributed by atoms with Crippen LogP contribution in [-0.4, -0.2) is 32.8 Å². The van der Waals surface area contributed by atoms with Crippen LogP contribution >= 0.6 is 0 Å². The van der Waals surface area contributed by atoms with Gasteiger partial charge in [-0.05, 0) is 55.5 Å². The van der Waals surface area contributed by atoms with E-state index in [-0.39, 0.29) is 10.8 Å². The molecule has 0 saturated carbocycles. The van der Waals surface area contributed by atoms with Gasteiger partial charge in [-0.1, -0.05) is 5.16 Å². The molecular weight excluding hydrogens is 370 g/mol. The van der Waals surface area contributed by atoms with Gasteiger partial charge in [0.1, 0.15) is 11.5 Å². The molecule has 1 aromatic heterocycles. The summed E-state index contributed by atoms with van der Waals surface area (Å²) >= 11 is 0. The molecule has 27 heavy (non-hydrogen) atoms. The zero-order valence-electron chi connectivity index (χ0n) is 15.0. The summed E-state index contributed by atoms with van der Waals surface area (Å²) in [5.41, 5.74) is 0.732. The average Bonchev–Trinajstić information content (AvgIpc) is 3.18. The van der Waals surface area contributed by atoms with Crippen LogP contribution in [0.25, 0.3) is 11.4 Å². The second kappa shape index (κ2) is 7.77. The van der Waals surface area contributed by atoms with E-state index in [4.69, 9.17) is 14.0 Å². The first kappa shape index (κ1) is 18.9. The number of ether oxygens (including phenoxy) is 2. The minimum absolute atomic E-state index is 0.116. The Balaban J connectivity index is 1.75. The van der Waals surface area contributed by atoms with Gasteiger partial charge in [0.05, 0.1) is 25.2 Å². The van der Waals surface area contributed by atoms with Crippen molar-refractivity contribution < 1.29 is 22.4 Å². The number of hydrogen-bond donors (Lipinski definition) is 1. The molecule has 0 aliphatic carbocycles. The van der Waals surface area contributed by atoms with Crippen molar-refractivity contribution in [2.45, 2.75) is 17.9 Å². The van der Waals surface area contributed by atoms with E-state index in [2.05, 4.69) is 14.9 Å². The zero-order chi connectivity index (χ0) is 19.4. The van der Waals surface area contributed by atoms with E-state index in [9.17, 15) is 8.42 Å². The highest BCUT2D eigenvalue weighted by atomic mass is 32.2. The monoisotopic (exact) mass is 389 g/mol. The molecule has 3 aromatic rings. The van der Waals surface area contributed by atoms with Crippen molar-refractivity contribution in [3.63, 3.8) is 0 Å². The van der Waals surface area contributed by atoms with E-state index < -0.39 is 16.1 Å². The summed E-state index contributed by atoms with van der Waals surface area (Å²) in [5, 5.41) is 3.91. The Labute approximate surface area is 157 Å². The lowest BCUT2D eigenvalue weighted by Gasteiger charge is -2.11. The lowest BCUT2D eigenvalue weighted by Crippen LogP contribution is -2.27. The maximum absolute atomic E-state index is 12.5. The summed E-state index contributed by atoms with van der Waals surface area (Å²) in [4.78, 5) is 4.39. The maximum Gasteiger partial charge on any atom is 0.244 e. The Kier molecular flexibility index (Phi) is 5.43. The van der Waals surface area contributed by atoms with Crippen LogP contribution in [0.2, 0.25) is 0 Å². The molecule has 2 aromatic carbocycles. The van der Waals surface area contributed by atoms with Crippen molar-refractivity contribution in [3.8, 4) is 22.9 Å². The third kappa shape index (κ3) is 4.26. The van der Waals surface area contributed by atoms with Crippen molar-refractivity contribution in [1.29, 1.82) is 0 Å². The molecule has 0 spiro atoms. The van der Waals surface area contributed by atoms with Gasteiger partial charge in [0.2, 0.25) is 21.7 Å². The zero-order valence-corrected chi connectivity index (χ0v) is 15.9. The van der Waals surface area contributed by atoms with Crippen molar-refractivity contribution in [3.05, 3.63) is 54.4 Å². The molecule has 0 saturated heterocycles. The quantitative estimate of drug-likeness (QED) is 0.662. The summed E-state index contributed by atoms with van der Waals surface area (Å²) < 4.78 is 42.9. The first-order valence-corrected chi connectivity index (χ1v) is 9.55. The molecule has 3 rings (SSSR count). The van der Waals surface area contributed by atoms with E-state index >= 15 is 0 Å². The topological polar surface area (TPSA) is 104 Å². The molecule has 0 fully saturated rings. The summed E-state index contributed by atoms with van der Waals surface area (Å²) in [6.07, 6.45) is 0. The fourth-order valence-electron chi connectivity index (χ4n) is 2.37. The number of hydrogen-bond acceptors (Lipinski definition) is 7. The lowest BCUT2D eigenvalue weighted by atomic mass is 10.2. The second-order valence-corrected chi connectivity index (χ2v) is 7.42. The molecule has 0 aliphatic rings. The smallest absolute Gasteiger partial charge is 0.244 e. The normalized spacial score (nSPS) is 12.6. The van der Waals surface area contributed by atoms with Crippen LogP contribution in [0, 0.1) is 0 Å². The number of nitrogens with zero attached hydrogens (tertiary/aromatic N) is 2. The van der Waals surface area contributed by atoms with Gasteiger partial charge in [0.15, 0.2) is 0 Å². The highest BCUT2D eigenvalue weighted by Gasteiger charge is 2.22. The summed E-state index contributed by atoms with van der Waals surface area (Å²) in [7, 11) is -0.652. The van der Waals surface area contributed by atoms with Crippen LogP contribution in [0.1, 0.15) is 18.9 Å². The van der Waals surface area contributed by atoms with Crippen LogP contribution in [0.15, 0.2) is 57.9 Å². The number of benzene rings is 2. The summed E-state index contributed by atoms with van der Waals surface area (Å²) in [6.45, 7) is 1.63. The fourth-order valence-corrected chi connectivity index (χ4v) is 3.57. The molecule has 0 aliphatic heterocycles. The SMILES string of the molecule is COc1ccc(-c2noc([C@H](C)NS(=O)(=O)c3ccc(OC)cc3)n2)cc1. The van der Waals surface area contributed by atoms with Crippen LogP contribution in [-0.2, 0) is 10.0 Å². The van der Waals surface area contributed by atoms with Crippen LogP contribution < -0.4 is 14.2 Å². The van der Waals surface area contributed by atoms with Gasteiger partial charge < -0.3 is 14.0 Å². The Morgan fingerprint density at radius 1 is 0.963 bits per heavy atom. The van der Waals surface area contributed by atoms with Crippen molar-refractivity contribution >= 4 is 10.0 Å². The van der Waals surface area contributed by atoms with Crippen LogP contribution in [0.5, 0.6) is 11.5 Å². The highest BCUT2D eigenvalue weighted by Crippen LogP contribution is 2.23. The van der Waals surface area contributed by atoms with Crippen molar-refractivity contribution in [2.24, 2.45) is 0 Å². The number of nitrogens with one attached hydrogen (secondary N) is 1. The van der Waals surface area contributed by atoms with Gasteiger partial charge in [0.25, 0.3) is 0 Å². The Bertz CT molecular complexity index is 998. The maximum atomic E-state index is 12.5. The highest BCUT2D eigenvalue weighted by molar-refractivity contribution is 7.89. The van der Waals surface area contributed by atoms with E-state index in [1.807, 2.05) is 0 Å². The molecular formula is C18H19N3O5S. The van der Waals surface area contributed by atoms with Crippen LogP contribution in [0.4, 0.5) is 0 Å². The molecule has 0 radical (unpaired) electrons. The number of sulfonamides is 1. The lowest BCUT2D eigenvalue weighted by molar-refractivity contribution is 0.354. The number of rotatable bonds is 7. The third-order valence-corrected chi connectivity index (χ3v) is 5.42. The minimum Gasteiger partial charge on any atom is -0.497 e. The predicted molar refractivity (Wildman–Crippen MR) is 98.0 cm³/mol. The molecule has 0 unspecified atom stereocenters. The molecule has 0 amide bonds. The van der Waals surface area contributed by atoms with Crippen molar-refractivity contribution in [1.82, 2.24) is 14.9 Å². The first-order chi connectivity index (χ1) is 12.9. The van der Waals surface area contributed by atoms with E-state index in [1.54, 1.807) is 50.4 Å². The molecule has 1 heterocycles. The molecule has 1 atom stereocenters. The van der Waals surface area contributed by atoms with Crippen molar-refractivity contribution in [2.75, 3.05) is 14.2 Å². The Morgan fingerprint density at radius 2 is 1.52 bits per heavy atom. The van der Waals surface area contributed by atoms with E-state index in [0.717, 1.165) is 5.56 Å². The standard InChI is InChI=1S/C18H19N3O5S/c1-12(21-27(22,23)16-10-8-15(25-3)9-11-16)18-19-17(20-26-18)13-4-6-14(24-2)7-5-13/h4-12,21H,1-3H3/t12-/m0/s1. The van der Waals surface area contributed by atoms with E-state index in [1.165, 1.54) is 19.2 Å².